The molecule has 518 valence electrons. The minimum absolute atomic E-state index is 0. The Morgan fingerprint density at radius 1 is 0.674 bits per heavy atom. The molecule has 6 aromatic heterocycles. The number of carbonyl (C=O) groups excluding carboxylic acids is 4. The summed E-state index contributed by atoms with van der Waals surface area (Å²) in [7, 11) is -4.04. The number of esters is 2. The Bertz CT molecular complexity index is 3760. The van der Waals surface area contributed by atoms with Crippen molar-refractivity contribution < 1.29 is 64.3 Å². The van der Waals surface area contributed by atoms with Gasteiger partial charge in [0.15, 0.2) is 11.3 Å². The molecule has 95 heavy (non-hydrogen) atoms. The number of aryl methyl sites for hydroxylation is 1. The van der Waals surface area contributed by atoms with Gasteiger partial charge in [-0.1, -0.05) is 39.0 Å². The fourth-order valence-electron chi connectivity index (χ4n) is 10.4. The maximum absolute atomic E-state index is 14.5. The summed E-state index contributed by atoms with van der Waals surface area (Å²) in [6.07, 6.45) is 14.8. The average Bonchev–Trinajstić information content (AvgIpc) is 1.73. The molecule has 3 N–H and O–H groups in total. The van der Waals surface area contributed by atoms with Crippen LogP contribution in [0.4, 0.5) is 30.0 Å². The molecule has 1 aromatic carbocycles. The highest BCUT2D eigenvalue weighted by molar-refractivity contribution is 7.86. The molecule has 0 aliphatic carbocycles. The SMILES string of the molecule is C.C1CCOC1.CCNCCc1ncc(F)cc1C1CCCN1c1ccn2ncc(C(=O)OCC)c2n1.CCOC(=O)c1cnn2ccc(N3CCCC3c3cc(F)cnc3CCN(CC)NC(=O)OC(C)(C)C)nc12.Cc1ccc(S(=O)(=O)ONC(=O)OC(C)(C)C)cc1. The Labute approximate surface area is 554 Å². The predicted molar refractivity (Wildman–Crippen MR) is 353 cm³/mol. The van der Waals surface area contributed by atoms with Crippen molar-refractivity contribution in [3.63, 3.8) is 0 Å². The number of rotatable bonds is 20. The molecule has 26 nitrogen and oxygen atoms in total. The van der Waals surface area contributed by atoms with Gasteiger partial charge in [-0.05, 0) is 155 Å². The lowest BCUT2D eigenvalue weighted by Crippen LogP contribution is -2.45. The number of hydrogen-bond donors (Lipinski definition) is 3. The van der Waals surface area contributed by atoms with Gasteiger partial charge in [0, 0.05) is 82.6 Å². The standard InChI is InChI=1S/C27H36FN7O4.C22H27FN6O2.C12H17NO5S.C4H8O.CH4/c1-6-33(32-26(37)39-27(3,4)5)13-10-21-19(15-18(28)16-29-21)22-9-8-12-34(22)23-11-14-35-24(31-23)20(17-30-35)25(36)38-7-2;1-3-24-9-7-18-16(12-15(23)13-25-18)19-6-5-10-28(19)20-8-11-29-21(27-20)17(14-26-29)22(30)31-4-2;1-9-5-7-10(8-6-9)19(15,16)18-13-11(14)17-12(2,3)4;1-2-4-5-3-1;/h11,14-17,22H,6-10,12-13H2,1-5H3,(H,32,37);8,11-14,19,24H,3-7,9-10H2,1-2H3;5-8H,1-4H3,(H,13,14);1-4H2;1H4. The van der Waals surface area contributed by atoms with Crippen LogP contribution in [0.3, 0.4) is 0 Å². The zero-order chi connectivity index (χ0) is 68.2. The monoisotopic (exact) mass is 1340 g/mol. The number of benzene rings is 1. The van der Waals surface area contributed by atoms with Gasteiger partial charge in [0.2, 0.25) is 0 Å². The number of carbonyl (C=O) groups is 4. The van der Waals surface area contributed by atoms with Gasteiger partial charge in [0.1, 0.15) is 45.6 Å². The molecule has 0 spiro atoms. The van der Waals surface area contributed by atoms with Crippen LogP contribution in [0, 0.1) is 18.6 Å². The first kappa shape index (κ1) is 75.5. The first-order valence-electron chi connectivity index (χ1n) is 31.7. The quantitative estimate of drug-likeness (QED) is 0.0277. The Kier molecular flexibility index (Phi) is 28.1. The van der Waals surface area contributed by atoms with E-state index in [9.17, 15) is 36.4 Å². The molecule has 10 rings (SSSR count). The molecule has 0 bridgehead atoms. The van der Waals surface area contributed by atoms with E-state index in [0.717, 1.165) is 98.8 Å². The Morgan fingerprint density at radius 3 is 1.60 bits per heavy atom. The van der Waals surface area contributed by atoms with Crippen LogP contribution in [-0.4, -0.2) is 154 Å². The van der Waals surface area contributed by atoms with E-state index >= 15 is 0 Å². The minimum atomic E-state index is -4.04. The van der Waals surface area contributed by atoms with Crippen molar-refractivity contribution in [2.45, 2.75) is 163 Å². The molecular weight excluding hydrogens is 1250 g/mol. The number of likely N-dealkylation sites (N-methyl/N-ethyl adjacent to an activating group) is 2. The molecule has 3 aliphatic rings. The summed E-state index contributed by atoms with van der Waals surface area (Å²) in [6.45, 7) is 26.4. The molecule has 3 fully saturated rings. The second-order valence-electron chi connectivity index (χ2n) is 24.1. The van der Waals surface area contributed by atoms with Gasteiger partial charge in [0.05, 0.1) is 55.0 Å². The molecule has 29 heteroatoms. The molecule has 2 amide bonds. The van der Waals surface area contributed by atoms with Crippen molar-refractivity contribution in [1.29, 1.82) is 0 Å². The topological polar surface area (TPSA) is 290 Å². The van der Waals surface area contributed by atoms with E-state index in [1.165, 1.54) is 60.3 Å². The van der Waals surface area contributed by atoms with Crippen LogP contribution < -0.4 is 26.0 Å². The number of anilines is 2. The lowest BCUT2D eigenvalue weighted by molar-refractivity contribution is 0.0296. The summed E-state index contributed by atoms with van der Waals surface area (Å²) < 4.78 is 85.0. The zero-order valence-corrected chi connectivity index (χ0v) is 56.3. The van der Waals surface area contributed by atoms with Gasteiger partial charge in [-0.15, -0.1) is 4.28 Å². The Hall–Kier alpha value is -8.51. The third kappa shape index (κ3) is 22.0. The van der Waals surface area contributed by atoms with E-state index < -0.39 is 51.3 Å². The molecule has 3 aliphatic heterocycles. The van der Waals surface area contributed by atoms with Gasteiger partial charge in [0.25, 0.3) is 0 Å². The molecule has 3 saturated heterocycles. The number of nitrogens with one attached hydrogen (secondary N) is 3. The van der Waals surface area contributed by atoms with Crippen molar-refractivity contribution in [2.75, 3.05) is 75.5 Å². The summed E-state index contributed by atoms with van der Waals surface area (Å²) in [5.74, 6) is -0.287. The first-order chi connectivity index (χ1) is 44.8. The fourth-order valence-corrected chi connectivity index (χ4v) is 11.2. The van der Waals surface area contributed by atoms with Crippen LogP contribution in [0.2, 0.25) is 0 Å². The number of fused-ring (bicyclic) bond motifs is 2. The lowest BCUT2D eigenvalue weighted by Gasteiger charge is -2.28. The van der Waals surface area contributed by atoms with Crippen molar-refractivity contribution in [3.8, 4) is 0 Å². The lowest BCUT2D eigenvalue weighted by atomic mass is 10.0. The van der Waals surface area contributed by atoms with E-state index in [0.29, 0.717) is 54.3 Å². The second kappa shape index (κ2) is 35.3. The van der Waals surface area contributed by atoms with Gasteiger partial charge in [-0.25, -0.2) is 52.0 Å². The smallest absolute Gasteiger partial charge is 0.432 e. The van der Waals surface area contributed by atoms with Crippen LogP contribution in [0.15, 0.2) is 90.6 Å². The summed E-state index contributed by atoms with van der Waals surface area (Å²) in [6, 6.07) is 12.7. The summed E-state index contributed by atoms with van der Waals surface area (Å²) in [4.78, 5) is 70.7. The van der Waals surface area contributed by atoms with E-state index in [2.05, 4.69) is 51.9 Å². The molecule has 0 radical (unpaired) electrons. The highest BCUT2D eigenvalue weighted by atomic mass is 32.2. The zero-order valence-electron chi connectivity index (χ0n) is 55.4. The van der Waals surface area contributed by atoms with Gasteiger partial charge in [-0.2, -0.15) is 24.1 Å². The molecule has 2 unspecified atom stereocenters. The molecule has 9 heterocycles. The predicted octanol–water partition coefficient (Wildman–Crippen LogP) is 10.6. The van der Waals surface area contributed by atoms with E-state index in [-0.39, 0.29) is 43.4 Å². The van der Waals surface area contributed by atoms with Crippen molar-refractivity contribution >= 4 is 57.2 Å². The third-order valence-corrected chi connectivity index (χ3v) is 15.8. The van der Waals surface area contributed by atoms with Crippen LogP contribution in [0.5, 0.6) is 0 Å². The van der Waals surface area contributed by atoms with Gasteiger partial charge in [-0.3, -0.25) is 15.4 Å². The normalized spacial score (nSPS) is 15.4. The van der Waals surface area contributed by atoms with Crippen LogP contribution in [0.1, 0.15) is 176 Å². The first-order valence-corrected chi connectivity index (χ1v) is 33.1. The third-order valence-electron chi connectivity index (χ3n) is 14.7. The van der Waals surface area contributed by atoms with Gasteiger partial charge < -0.3 is 38.8 Å². The van der Waals surface area contributed by atoms with Crippen molar-refractivity contribution in [3.05, 3.63) is 137 Å². The number of amides is 2. The Morgan fingerprint density at radius 2 is 1.16 bits per heavy atom. The van der Waals surface area contributed by atoms with Crippen molar-refractivity contribution in [1.82, 2.24) is 60.4 Å². The molecular formula is C66H92F2N14O12S. The fraction of sp³-hybridized carbons (Fsp3) is 0.515. The summed E-state index contributed by atoms with van der Waals surface area (Å²) >= 11 is 0. The van der Waals surface area contributed by atoms with E-state index in [4.69, 9.17) is 33.7 Å². The average molecular weight is 1340 g/mol. The number of hydroxylamine groups is 1. The van der Waals surface area contributed by atoms with Crippen LogP contribution >= 0.6 is 0 Å². The number of aromatic nitrogens is 8. The second-order valence-corrected chi connectivity index (χ2v) is 25.6. The number of halogens is 2. The summed E-state index contributed by atoms with van der Waals surface area (Å²) in [5, 5.41) is 13.5. The van der Waals surface area contributed by atoms with Crippen LogP contribution in [0.25, 0.3) is 11.3 Å². The highest BCUT2D eigenvalue weighted by Crippen LogP contribution is 2.39. The number of pyridine rings is 2. The van der Waals surface area contributed by atoms with E-state index in [1.807, 2.05) is 46.8 Å². The highest BCUT2D eigenvalue weighted by Gasteiger charge is 2.33. The van der Waals surface area contributed by atoms with Crippen LogP contribution in [-0.2, 0) is 50.9 Å². The van der Waals surface area contributed by atoms with E-state index in [1.54, 1.807) is 80.2 Å². The Balaban J connectivity index is 0.000000227. The largest absolute Gasteiger partial charge is 0.462 e. The molecule has 7 aromatic rings. The molecule has 2 atom stereocenters. The van der Waals surface area contributed by atoms with Crippen molar-refractivity contribution in [2.24, 2.45) is 0 Å². The summed E-state index contributed by atoms with van der Waals surface area (Å²) in [5.41, 5.74) is 8.89. The number of nitrogens with zero attached hydrogens (tertiary/aromatic N) is 11. The maximum atomic E-state index is 14.5. The molecule has 0 saturated carbocycles. The minimum Gasteiger partial charge on any atom is -0.462 e. The number of hydrogen-bond acceptors (Lipinski definition) is 22. The number of hydrazine groups is 1. The maximum Gasteiger partial charge on any atom is 0.432 e. The van der Waals surface area contributed by atoms with Gasteiger partial charge >= 0.3 is 34.2 Å². The number of ether oxygens (including phenoxy) is 5.